The molecular weight excluding hydrogens is 518 g/mol. The van der Waals surface area contributed by atoms with E-state index in [1.807, 2.05) is 6.92 Å². The van der Waals surface area contributed by atoms with E-state index < -0.39 is 4.92 Å². The molecule has 0 aliphatic heterocycles. The van der Waals surface area contributed by atoms with Crippen molar-refractivity contribution in [1.29, 1.82) is 0 Å². The molecule has 4 bridgehead atoms. The number of halogens is 1. The summed E-state index contributed by atoms with van der Waals surface area (Å²) < 4.78 is 3.66. The van der Waals surface area contributed by atoms with Crippen LogP contribution in [-0.4, -0.2) is 42.8 Å². The summed E-state index contributed by atoms with van der Waals surface area (Å²) >= 11 is 3.29. The summed E-state index contributed by atoms with van der Waals surface area (Å²) in [5, 5.41) is 25.7. The minimum Gasteiger partial charge on any atom is -0.358 e. The summed E-state index contributed by atoms with van der Waals surface area (Å²) in [7, 11) is 1.68. The summed E-state index contributed by atoms with van der Waals surface area (Å²) in [6, 6.07) is 0. The van der Waals surface area contributed by atoms with Crippen molar-refractivity contribution in [3.8, 4) is 0 Å². The van der Waals surface area contributed by atoms with Crippen LogP contribution in [0.3, 0.4) is 0 Å². The van der Waals surface area contributed by atoms with Gasteiger partial charge in [0.05, 0.1) is 28.7 Å². The Morgan fingerprint density at radius 3 is 2.63 bits per heavy atom. The van der Waals surface area contributed by atoms with Gasteiger partial charge in [0.25, 0.3) is 5.91 Å². The predicted molar refractivity (Wildman–Crippen MR) is 131 cm³/mol. The van der Waals surface area contributed by atoms with E-state index in [4.69, 9.17) is 0 Å². The highest BCUT2D eigenvalue weighted by molar-refractivity contribution is 9.10. The average molecular weight is 548 g/mol. The quantitative estimate of drug-likeness (QED) is 0.381. The van der Waals surface area contributed by atoms with Gasteiger partial charge in [0.1, 0.15) is 10.2 Å². The van der Waals surface area contributed by atoms with E-state index in [-0.39, 0.29) is 28.6 Å². The van der Waals surface area contributed by atoms with Gasteiger partial charge in [-0.15, -0.1) is 0 Å². The van der Waals surface area contributed by atoms with Crippen LogP contribution in [0, 0.1) is 27.4 Å². The monoisotopic (exact) mass is 547 g/mol. The first-order valence-corrected chi connectivity index (χ1v) is 12.9. The first-order valence-electron chi connectivity index (χ1n) is 12.1. The molecule has 6 rings (SSSR count). The summed E-state index contributed by atoms with van der Waals surface area (Å²) in [6.07, 6.45) is 10.1. The molecule has 0 spiro atoms. The second-order valence-electron chi connectivity index (χ2n) is 10.7. The maximum absolute atomic E-state index is 13.3. The van der Waals surface area contributed by atoms with Gasteiger partial charge in [-0.1, -0.05) is 6.92 Å². The van der Waals surface area contributed by atoms with E-state index in [1.165, 1.54) is 10.9 Å². The Morgan fingerprint density at radius 2 is 2.00 bits per heavy atom. The van der Waals surface area contributed by atoms with Gasteiger partial charge in [-0.05, 0) is 83.0 Å². The van der Waals surface area contributed by atoms with Gasteiger partial charge >= 0.3 is 5.82 Å². The molecule has 2 amide bonds. The topological polar surface area (TPSA) is 137 Å². The van der Waals surface area contributed by atoms with Gasteiger partial charge in [0.2, 0.25) is 5.91 Å². The van der Waals surface area contributed by atoms with Crippen molar-refractivity contribution < 1.29 is 14.5 Å². The first kappa shape index (κ1) is 24.0. The van der Waals surface area contributed by atoms with Crippen molar-refractivity contribution in [2.24, 2.45) is 24.3 Å². The molecule has 2 unspecified atom stereocenters. The van der Waals surface area contributed by atoms with Gasteiger partial charge in [-0.2, -0.15) is 9.78 Å². The standard InChI is InChI=1S/C23H30BrN7O4/c1-3-4-25-21(33)19-17(11-26-29(19)2)27-18(32)10-22-6-14-5-15(7-22)9-23(8-14,13-22)30-12-16(24)20(28-30)31(34)35/h11-12,14-15H,3-10,13H2,1-2H3,(H,25,33)(H,27,32). The maximum atomic E-state index is 13.3. The highest BCUT2D eigenvalue weighted by Gasteiger charge is 2.60. The smallest absolute Gasteiger partial charge is 0.358 e. The Morgan fingerprint density at radius 1 is 1.29 bits per heavy atom. The van der Waals surface area contributed by atoms with Crippen molar-refractivity contribution in [2.45, 2.75) is 63.8 Å². The molecule has 11 nitrogen and oxygen atoms in total. The highest BCUT2D eigenvalue weighted by atomic mass is 79.9. The number of rotatable bonds is 8. The fraction of sp³-hybridized carbons (Fsp3) is 0.652. The number of anilines is 1. The van der Waals surface area contributed by atoms with Crippen molar-refractivity contribution in [2.75, 3.05) is 11.9 Å². The van der Waals surface area contributed by atoms with Gasteiger partial charge in [0, 0.05) is 20.0 Å². The SMILES string of the molecule is CCCNC(=O)c1c(NC(=O)CC23CC4CC(C2)CC(n2cc(Br)c([N+](=O)[O-])n2)(C4)C3)cnn1C. The number of nitrogens with zero attached hydrogens (tertiary/aromatic N) is 5. The lowest BCUT2D eigenvalue weighted by molar-refractivity contribution is -0.390. The minimum atomic E-state index is -0.466. The first-order chi connectivity index (χ1) is 16.6. The maximum Gasteiger partial charge on any atom is 0.404 e. The van der Waals surface area contributed by atoms with E-state index in [0.29, 0.717) is 40.7 Å². The molecule has 2 aromatic rings. The van der Waals surface area contributed by atoms with E-state index >= 15 is 0 Å². The second kappa shape index (κ2) is 8.72. The average Bonchev–Trinajstić information content (AvgIpc) is 3.33. The van der Waals surface area contributed by atoms with Crippen LogP contribution in [-0.2, 0) is 17.4 Å². The molecule has 0 radical (unpaired) electrons. The molecule has 2 aromatic heterocycles. The van der Waals surface area contributed by atoms with Crippen LogP contribution < -0.4 is 10.6 Å². The Hall–Kier alpha value is -2.76. The fourth-order valence-electron chi connectivity index (χ4n) is 7.24. The van der Waals surface area contributed by atoms with Crippen LogP contribution >= 0.6 is 15.9 Å². The summed E-state index contributed by atoms with van der Waals surface area (Å²) in [5.41, 5.74) is 0.258. The minimum absolute atomic E-state index is 0.132. The number of amides is 2. The van der Waals surface area contributed by atoms with Gasteiger partial charge in [-0.25, -0.2) is 0 Å². The Kier molecular flexibility index (Phi) is 5.97. The number of nitro groups is 1. The van der Waals surface area contributed by atoms with Gasteiger partial charge < -0.3 is 20.7 Å². The molecular formula is C23H30BrN7O4. The van der Waals surface area contributed by atoms with Gasteiger partial charge in [0.15, 0.2) is 0 Å². The molecule has 2 atom stereocenters. The summed E-state index contributed by atoms with van der Waals surface area (Å²) in [6.45, 7) is 2.53. The number of aromatic nitrogens is 4. The number of carbonyl (C=O) groups is 2. The second-order valence-corrected chi connectivity index (χ2v) is 11.6. The number of hydrogen-bond donors (Lipinski definition) is 2. The zero-order valence-corrected chi connectivity index (χ0v) is 21.5. The predicted octanol–water partition coefficient (Wildman–Crippen LogP) is 3.75. The largest absolute Gasteiger partial charge is 0.404 e. The van der Waals surface area contributed by atoms with Crippen LogP contribution in [0.1, 0.15) is 68.8 Å². The van der Waals surface area contributed by atoms with Crippen LogP contribution in [0.4, 0.5) is 11.5 Å². The van der Waals surface area contributed by atoms with Crippen molar-refractivity contribution >= 4 is 39.2 Å². The van der Waals surface area contributed by atoms with Crippen LogP contribution in [0.25, 0.3) is 0 Å². The lowest BCUT2D eigenvalue weighted by Gasteiger charge is -2.61. The normalized spacial score (nSPS) is 28.8. The Balaban J connectivity index is 1.36. The van der Waals surface area contributed by atoms with Crippen molar-refractivity contribution in [3.05, 3.63) is 32.7 Å². The van der Waals surface area contributed by atoms with Crippen LogP contribution in [0.15, 0.2) is 16.9 Å². The molecule has 4 saturated carbocycles. The van der Waals surface area contributed by atoms with E-state index in [0.717, 1.165) is 44.9 Å². The molecule has 4 aliphatic rings. The number of nitrogens with one attached hydrogen (secondary N) is 2. The van der Waals surface area contributed by atoms with Crippen LogP contribution in [0.2, 0.25) is 0 Å². The molecule has 188 valence electrons. The van der Waals surface area contributed by atoms with E-state index in [1.54, 1.807) is 17.9 Å². The number of carbonyl (C=O) groups excluding carboxylic acids is 2. The van der Waals surface area contributed by atoms with E-state index in [2.05, 4.69) is 36.8 Å². The van der Waals surface area contributed by atoms with Gasteiger partial charge in [-0.3, -0.25) is 14.3 Å². The summed E-state index contributed by atoms with van der Waals surface area (Å²) in [4.78, 5) is 36.8. The molecule has 2 N–H and O–H groups in total. The molecule has 0 saturated heterocycles. The zero-order valence-electron chi connectivity index (χ0n) is 19.9. The van der Waals surface area contributed by atoms with Crippen molar-refractivity contribution in [3.63, 3.8) is 0 Å². The molecule has 12 heteroatoms. The molecule has 4 fully saturated rings. The number of aryl methyl sites for hydroxylation is 1. The Bertz CT molecular complexity index is 1170. The summed E-state index contributed by atoms with van der Waals surface area (Å²) in [5.74, 6) is 0.381. The fourth-order valence-corrected chi connectivity index (χ4v) is 7.66. The number of hydrogen-bond acceptors (Lipinski definition) is 6. The highest BCUT2D eigenvalue weighted by Crippen LogP contribution is 2.65. The van der Waals surface area contributed by atoms with Crippen LogP contribution in [0.5, 0.6) is 0 Å². The van der Waals surface area contributed by atoms with Crippen molar-refractivity contribution in [1.82, 2.24) is 24.9 Å². The third kappa shape index (κ3) is 4.25. The lowest BCUT2D eigenvalue weighted by Crippen LogP contribution is -2.57. The molecule has 0 aromatic carbocycles. The molecule has 35 heavy (non-hydrogen) atoms. The lowest BCUT2D eigenvalue weighted by atomic mass is 9.46. The van der Waals surface area contributed by atoms with E-state index in [9.17, 15) is 19.7 Å². The molecule has 2 heterocycles. The molecule has 4 aliphatic carbocycles. The zero-order chi connectivity index (χ0) is 25.0. The third-order valence-electron chi connectivity index (χ3n) is 7.96. The third-order valence-corrected chi connectivity index (χ3v) is 8.52. The Labute approximate surface area is 211 Å².